The molecule has 4 rings (SSSR count). The largest absolute Gasteiger partial charge is 0.444 e. The van der Waals surface area contributed by atoms with E-state index in [9.17, 15) is 10.1 Å². The van der Waals surface area contributed by atoms with E-state index in [4.69, 9.17) is 15.2 Å². The minimum Gasteiger partial charge on any atom is -0.444 e. The van der Waals surface area contributed by atoms with E-state index in [1.54, 1.807) is 12.4 Å². The number of fused-ring (bicyclic) bond motifs is 3. The number of benzene rings is 1. The van der Waals surface area contributed by atoms with Gasteiger partial charge in [-0.2, -0.15) is 5.26 Å². The number of aryl methyl sites for hydroxylation is 1. The third kappa shape index (κ3) is 2.85. The highest BCUT2D eigenvalue weighted by molar-refractivity contribution is 5.89. The second-order valence-corrected chi connectivity index (χ2v) is 6.69. The quantitative estimate of drug-likeness (QED) is 0.707. The highest BCUT2D eigenvalue weighted by atomic mass is 16.5. The molecule has 140 valence electrons. The Morgan fingerprint density at radius 2 is 2.21 bits per heavy atom. The van der Waals surface area contributed by atoms with Crippen LogP contribution < -0.4 is 10.5 Å². The smallest absolute Gasteiger partial charge is 0.304 e. The van der Waals surface area contributed by atoms with E-state index >= 15 is 0 Å². The second kappa shape index (κ2) is 6.74. The molecular formula is C21H18N4O3. The highest BCUT2D eigenvalue weighted by Crippen LogP contribution is 2.45. The van der Waals surface area contributed by atoms with Crippen LogP contribution in [0.25, 0.3) is 10.9 Å². The number of allylic oxidation sites excluding steroid dienone is 1. The van der Waals surface area contributed by atoms with E-state index in [1.165, 1.54) is 6.92 Å². The van der Waals surface area contributed by atoms with Gasteiger partial charge in [0.15, 0.2) is 6.73 Å². The predicted molar refractivity (Wildman–Crippen MR) is 102 cm³/mol. The molecule has 0 saturated carbocycles. The van der Waals surface area contributed by atoms with Crippen LogP contribution in [0.1, 0.15) is 29.5 Å². The number of esters is 1. The summed E-state index contributed by atoms with van der Waals surface area (Å²) in [6, 6.07) is 9.90. The Balaban J connectivity index is 1.88. The number of ether oxygens (including phenoxy) is 2. The van der Waals surface area contributed by atoms with Crippen molar-refractivity contribution in [3.05, 3.63) is 71.0 Å². The van der Waals surface area contributed by atoms with Gasteiger partial charge in [0.1, 0.15) is 17.4 Å². The molecule has 0 fully saturated rings. The van der Waals surface area contributed by atoms with Gasteiger partial charge in [-0.15, -0.1) is 0 Å². The number of nitrogens with zero attached hydrogens (tertiary/aromatic N) is 3. The summed E-state index contributed by atoms with van der Waals surface area (Å²) < 4.78 is 12.8. The Morgan fingerprint density at radius 3 is 2.93 bits per heavy atom. The third-order valence-corrected chi connectivity index (χ3v) is 4.77. The van der Waals surface area contributed by atoms with Gasteiger partial charge in [-0.1, -0.05) is 12.1 Å². The van der Waals surface area contributed by atoms with E-state index in [1.807, 2.05) is 42.0 Å². The first kappa shape index (κ1) is 17.6. The monoisotopic (exact) mass is 374 g/mol. The lowest BCUT2D eigenvalue weighted by Gasteiger charge is -2.27. The van der Waals surface area contributed by atoms with Crippen molar-refractivity contribution in [3.8, 4) is 11.8 Å². The first-order valence-corrected chi connectivity index (χ1v) is 8.74. The number of carbonyl (C=O) groups is 1. The van der Waals surface area contributed by atoms with Crippen LogP contribution in [0.5, 0.6) is 5.75 Å². The molecular weight excluding hydrogens is 356 g/mol. The van der Waals surface area contributed by atoms with Crippen molar-refractivity contribution < 1.29 is 14.3 Å². The lowest BCUT2D eigenvalue weighted by atomic mass is 9.83. The van der Waals surface area contributed by atoms with Gasteiger partial charge in [-0.05, 0) is 30.2 Å². The van der Waals surface area contributed by atoms with E-state index in [0.29, 0.717) is 11.3 Å². The Morgan fingerprint density at radius 1 is 1.39 bits per heavy atom. The van der Waals surface area contributed by atoms with Crippen molar-refractivity contribution in [3.63, 3.8) is 0 Å². The van der Waals surface area contributed by atoms with Gasteiger partial charge >= 0.3 is 5.97 Å². The molecule has 2 aromatic heterocycles. The van der Waals surface area contributed by atoms with Gasteiger partial charge in [0, 0.05) is 36.5 Å². The van der Waals surface area contributed by atoms with Crippen LogP contribution in [0.2, 0.25) is 0 Å². The summed E-state index contributed by atoms with van der Waals surface area (Å²) in [6.07, 6.45) is 5.33. The number of hydrogen-bond acceptors (Lipinski definition) is 6. The Labute approximate surface area is 161 Å². The van der Waals surface area contributed by atoms with Crippen LogP contribution in [0.3, 0.4) is 0 Å². The van der Waals surface area contributed by atoms with Crippen molar-refractivity contribution in [1.82, 2.24) is 9.55 Å². The molecule has 0 aliphatic carbocycles. The van der Waals surface area contributed by atoms with Crippen LogP contribution in [0.4, 0.5) is 0 Å². The van der Waals surface area contributed by atoms with Gasteiger partial charge in [-0.3, -0.25) is 9.78 Å². The van der Waals surface area contributed by atoms with E-state index in [-0.39, 0.29) is 24.5 Å². The van der Waals surface area contributed by atoms with E-state index < -0.39 is 0 Å². The minimum atomic E-state index is -0.359. The summed E-state index contributed by atoms with van der Waals surface area (Å²) >= 11 is 0. The Hall–Kier alpha value is -3.79. The van der Waals surface area contributed by atoms with Crippen molar-refractivity contribution >= 4 is 16.9 Å². The third-order valence-electron chi connectivity index (χ3n) is 4.77. The van der Waals surface area contributed by atoms with Crippen molar-refractivity contribution in [1.29, 1.82) is 5.26 Å². The predicted octanol–water partition coefficient (Wildman–Crippen LogP) is 3.08. The van der Waals surface area contributed by atoms with Crippen LogP contribution in [-0.4, -0.2) is 15.5 Å². The minimum absolute atomic E-state index is 0.0849. The van der Waals surface area contributed by atoms with E-state index in [2.05, 4.69) is 11.1 Å². The maximum atomic E-state index is 11.1. The average molecular weight is 374 g/mol. The summed E-state index contributed by atoms with van der Waals surface area (Å²) in [6.45, 7) is 3.43. The highest BCUT2D eigenvalue weighted by Gasteiger charge is 2.32. The lowest BCUT2D eigenvalue weighted by Crippen LogP contribution is -2.21. The average Bonchev–Trinajstić information content (AvgIpc) is 3.08. The normalized spacial score (nSPS) is 15.7. The second-order valence-electron chi connectivity index (χ2n) is 6.69. The van der Waals surface area contributed by atoms with Gasteiger partial charge in [0.05, 0.1) is 11.4 Å². The van der Waals surface area contributed by atoms with Gasteiger partial charge < -0.3 is 19.8 Å². The zero-order valence-corrected chi connectivity index (χ0v) is 15.5. The molecule has 7 heteroatoms. The van der Waals surface area contributed by atoms with Crippen LogP contribution in [-0.2, 0) is 16.3 Å². The molecule has 3 heterocycles. The molecule has 28 heavy (non-hydrogen) atoms. The fourth-order valence-electron chi connectivity index (χ4n) is 3.54. The molecule has 1 aliphatic heterocycles. The number of hydrogen-bond donors (Lipinski definition) is 1. The molecule has 0 radical (unpaired) electrons. The maximum absolute atomic E-state index is 11.1. The zero-order valence-electron chi connectivity index (χ0n) is 15.5. The number of nitriles is 1. The summed E-state index contributed by atoms with van der Waals surface area (Å²) in [4.78, 5) is 15.4. The summed E-state index contributed by atoms with van der Waals surface area (Å²) in [5, 5.41) is 10.5. The van der Waals surface area contributed by atoms with Crippen molar-refractivity contribution in [2.45, 2.75) is 26.5 Å². The van der Waals surface area contributed by atoms with Gasteiger partial charge in [0.25, 0.3) is 0 Å². The number of rotatable bonds is 3. The Bertz CT molecular complexity index is 1170. The topological polar surface area (TPSA) is 103 Å². The molecule has 7 nitrogen and oxygen atoms in total. The molecule has 3 aromatic rings. The van der Waals surface area contributed by atoms with Gasteiger partial charge in [0.2, 0.25) is 5.88 Å². The standard InChI is InChI=1S/C21H18N4O3/c1-12-7-14(10-24-9-12)19-16-3-4-18-15(5-6-25(18)11-27-13(2)26)20(16)28-21(23)17(19)8-22/h3-7,9-10,19H,11,23H2,1-2H3. The van der Waals surface area contributed by atoms with Crippen LogP contribution >= 0.6 is 0 Å². The number of nitrogens with two attached hydrogens (primary N) is 1. The fourth-order valence-corrected chi connectivity index (χ4v) is 3.54. The molecule has 1 unspecified atom stereocenters. The number of carbonyl (C=O) groups excluding carboxylic acids is 1. The van der Waals surface area contributed by atoms with Crippen LogP contribution in [0, 0.1) is 18.3 Å². The molecule has 0 amide bonds. The first-order valence-electron chi connectivity index (χ1n) is 8.74. The molecule has 0 saturated heterocycles. The number of pyridine rings is 1. The van der Waals surface area contributed by atoms with Gasteiger partial charge in [-0.25, -0.2) is 0 Å². The molecule has 0 bridgehead atoms. The number of aromatic nitrogens is 2. The first-order chi connectivity index (χ1) is 13.5. The zero-order chi connectivity index (χ0) is 19.8. The Kier molecular flexibility index (Phi) is 4.24. The van der Waals surface area contributed by atoms with E-state index in [0.717, 1.165) is 27.6 Å². The molecule has 1 atom stereocenters. The summed E-state index contributed by atoms with van der Waals surface area (Å²) in [7, 11) is 0. The van der Waals surface area contributed by atoms with Crippen LogP contribution in [0.15, 0.2) is 54.3 Å². The lowest BCUT2D eigenvalue weighted by molar-refractivity contribution is -0.144. The molecule has 2 N–H and O–H groups in total. The molecule has 1 aromatic carbocycles. The SMILES string of the molecule is CC(=O)OCn1ccc2c3c(ccc21)C(c1cncc(C)c1)C(C#N)=C(N)O3. The van der Waals surface area contributed by atoms with Crippen molar-refractivity contribution in [2.24, 2.45) is 5.73 Å². The molecule has 0 spiro atoms. The summed E-state index contributed by atoms with van der Waals surface area (Å²) in [5.41, 5.74) is 10.0. The fraction of sp³-hybridized carbons (Fsp3) is 0.190. The maximum Gasteiger partial charge on any atom is 0.304 e. The van der Waals surface area contributed by atoms with Crippen molar-refractivity contribution in [2.75, 3.05) is 0 Å². The summed E-state index contributed by atoms with van der Waals surface area (Å²) in [5.74, 6) is -0.0277. The molecule has 1 aliphatic rings.